The molecule has 2 amide bonds. The third-order valence-electron chi connectivity index (χ3n) is 5.15. The zero-order valence-electron chi connectivity index (χ0n) is 15.3. The fraction of sp³-hybridized carbons (Fsp3) is 0.421. The van der Waals surface area contributed by atoms with Crippen LogP contribution in [0.3, 0.4) is 0 Å². The van der Waals surface area contributed by atoms with Crippen LogP contribution in [0.5, 0.6) is 0 Å². The van der Waals surface area contributed by atoms with Crippen molar-refractivity contribution in [1.82, 2.24) is 20.1 Å². The number of aromatic nitrogens is 1. The van der Waals surface area contributed by atoms with Gasteiger partial charge in [-0.15, -0.1) is 24.8 Å². The van der Waals surface area contributed by atoms with E-state index in [1.165, 1.54) is 0 Å². The molecular weight excluding hydrogens is 423 g/mol. The van der Waals surface area contributed by atoms with Gasteiger partial charge in [-0.2, -0.15) is 0 Å². The Hall–Kier alpha value is -1.60. The van der Waals surface area contributed by atoms with Crippen LogP contribution < -0.4 is 5.32 Å². The topological polar surface area (TPSA) is 65.5 Å². The molecule has 0 saturated carbocycles. The monoisotopic (exact) mass is 444 g/mol. The van der Waals surface area contributed by atoms with Crippen molar-refractivity contribution in [1.29, 1.82) is 0 Å². The lowest BCUT2D eigenvalue weighted by molar-refractivity contribution is -0.135. The van der Waals surface area contributed by atoms with Crippen molar-refractivity contribution in [3.8, 4) is 0 Å². The number of pyridine rings is 1. The number of nitrogens with zero attached hydrogens (tertiary/aromatic N) is 3. The summed E-state index contributed by atoms with van der Waals surface area (Å²) in [5.74, 6) is 0.0499. The number of carbonyl (C=O) groups is 2. The molecule has 1 N–H and O–H groups in total. The van der Waals surface area contributed by atoms with Crippen LogP contribution in [0, 0.1) is 0 Å². The first-order valence-electron chi connectivity index (χ1n) is 8.97. The van der Waals surface area contributed by atoms with E-state index in [9.17, 15) is 9.59 Å². The number of fused-ring (bicyclic) bond motifs is 1. The van der Waals surface area contributed by atoms with Gasteiger partial charge >= 0.3 is 0 Å². The highest BCUT2D eigenvalue weighted by Gasteiger charge is 2.32. The van der Waals surface area contributed by atoms with Crippen molar-refractivity contribution in [2.75, 3.05) is 32.7 Å². The van der Waals surface area contributed by atoms with Gasteiger partial charge in [-0.3, -0.25) is 14.6 Å². The SMILES string of the molecule is Cl.Cl.O=C(c1cc(Cl)cc2cccnc12)N1CCCC(N2CCNCC2=O)C1. The second kappa shape index (κ2) is 9.74. The first-order valence-corrected chi connectivity index (χ1v) is 9.35. The summed E-state index contributed by atoms with van der Waals surface area (Å²) in [5.41, 5.74) is 1.20. The van der Waals surface area contributed by atoms with Crippen LogP contribution in [0.25, 0.3) is 10.9 Å². The zero-order valence-corrected chi connectivity index (χ0v) is 17.7. The number of hydrogen-bond acceptors (Lipinski definition) is 4. The summed E-state index contributed by atoms with van der Waals surface area (Å²) >= 11 is 6.22. The quantitative estimate of drug-likeness (QED) is 0.772. The van der Waals surface area contributed by atoms with Crippen LogP contribution in [-0.4, -0.2) is 65.4 Å². The predicted molar refractivity (Wildman–Crippen MR) is 115 cm³/mol. The Morgan fingerprint density at radius 2 is 2.07 bits per heavy atom. The highest BCUT2D eigenvalue weighted by molar-refractivity contribution is 6.32. The van der Waals surface area contributed by atoms with Crippen molar-refractivity contribution < 1.29 is 9.59 Å². The molecule has 3 heterocycles. The van der Waals surface area contributed by atoms with Crippen molar-refractivity contribution >= 4 is 59.1 Å². The number of benzene rings is 1. The summed E-state index contributed by atoms with van der Waals surface area (Å²) in [7, 11) is 0. The molecule has 1 aromatic carbocycles. The van der Waals surface area contributed by atoms with Gasteiger partial charge in [0.2, 0.25) is 5.91 Å². The third-order valence-corrected chi connectivity index (χ3v) is 5.37. The van der Waals surface area contributed by atoms with Crippen LogP contribution in [0.1, 0.15) is 23.2 Å². The van der Waals surface area contributed by atoms with Crippen molar-refractivity contribution in [2.45, 2.75) is 18.9 Å². The van der Waals surface area contributed by atoms with E-state index in [-0.39, 0.29) is 42.7 Å². The van der Waals surface area contributed by atoms with Gasteiger partial charge in [0.15, 0.2) is 0 Å². The largest absolute Gasteiger partial charge is 0.337 e. The normalized spacial score (nSPS) is 19.8. The maximum absolute atomic E-state index is 13.2. The maximum atomic E-state index is 13.2. The second-order valence-corrected chi connectivity index (χ2v) is 7.28. The van der Waals surface area contributed by atoms with Gasteiger partial charge in [0.25, 0.3) is 5.91 Å². The molecule has 9 heteroatoms. The summed E-state index contributed by atoms with van der Waals surface area (Å²) in [6.07, 6.45) is 3.51. The van der Waals surface area contributed by atoms with E-state index in [2.05, 4.69) is 10.3 Å². The highest BCUT2D eigenvalue weighted by atomic mass is 35.5. The molecule has 1 aromatic heterocycles. The molecule has 0 spiro atoms. The number of likely N-dealkylation sites (tertiary alicyclic amines) is 1. The molecule has 0 bridgehead atoms. The van der Waals surface area contributed by atoms with E-state index in [0.29, 0.717) is 42.3 Å². The minimum absolute atomic E-state index is 0. The summed E-state index contributed by atoms with van der Waals surface area (Å²) in [4.78, 5) is 33.5. The van der Waals surface area contributed by atoms with Gasteiger partial charge in [-0.05, 0) is 31.0 Å². The Morgan fingerprint density at radius 1 is 1.25 bits per heavy atom. The molecule has 2 saturated heterocycles. The number of piperidine rings is 1. The average Bonchev–Trinajstić information content (AvgIpc) is 2.67. The number of carbonyl (C=O) groups excluding carboxylic acids is 2. The highest BCUT2D eigenvalue weighted by Crippen LogP contribution is 2.25. The molecule has 6 nitrogen and oxygen atoms in total. The molecule has 4 rings (SSSR count). The van der Waals surface area contributed by atoms with Gasteiger partial charge in [-0.1, -0.05) is 17.7 Å². The molecule has 0 radical (unpaired) electrons. The lowest BCUT2D eigenvalue weighted by Gasteiger charge is -2.41. The van der Waals surface area contributed by atoms with Gasteiger partial charge in [0.1, 0.15) is 0 Å². The fourth-order valence-electron chi connectivity index (χ4n) is 3.89. The smallest absolute Gasteiger partial charge is 0.256 e. The third kappa shape index (κ3) is 4.51. The molecule has 152 valence electrons. The second-order valence-electron chi connectivity index (χ2n) is 6.84. The van der Waals surface area contributed by atoms with Crippen molar-refractivity contribution in [3.63, 3.8) is 0 Å². The van der Waals surface area contributed by atoms with Gasteiger partial charge in [0, 0.05) is 48.8 Å². The zero-order chi connectivity index (χ0) is 18.1. The Kier molecular flexibility index (Phi) is 7.89. The molecule has 1 atom stereocenters. The van der Waals surface area contributed by atoms with Crippen LogP contribution in [0.15, 0.2) is 30.5 Å². The van der Waals surface area contributed by atoms with E-state index in [4.69, 9.17) is 11.6 Å². The van der Waals surface area contributed by atoms with Crippen molar-refractivity contribution in [2.24, 2.45) is 0 Å². The number of halogens is 3. The number of piperazine rings is 1. The minimum Gasteiger partial charge on any atom is -0.337 e. The molecule has 28 heavy (non-hydrogen) atoms. The summed E-state index contributed by atoms with van der Waals surface area (Å²) in [5, 5.41) is 4.48. The van der Waals surface area contributed by atoms with Crippen LogP contribution in [-0.2, 0) is 4.79 Å². The number of rotatable bonds is 2. The first kappa shape index (κ1) is 22.7. The fourth-order valence-corrected chi connectivity index (χ4v) is 4.12. The summed E-state index contributed by atoms with van der Waals surface area (Å²) in [6, 6.07) is 7.34. The summed E-state index contributed by atoms with van der Waals surface area (Å²) < 4.78 is 0. The number of hydrogen-bond donors (Lipinski definition) is 1. The van der Waals surface area contributed by atoms with Gasteiger partial charge in [-0.25, -0.2) is 0 Å². The van der Waals surface area contributed by atoms with E-state index in [1.54, 1.807) is 12.3 Å². The minimum atomic E-state index is -0.0662. The lowest BCUT2D eigenvalue weighted by atomic mass is 10.0. The molecular formula is C19H23Cl3N4O2. The van der Waals surface area contributed by atoms with Gasteiger partial charge < -0.3 is 15.1 Å². The standard InChI is InChI=1S/C19H21ClN4O2.2ClH/c20-14-9-13-3-1-5-22-18(13)16(10-14)19(26)23-7-2-4-15(12-23)24-8-6-21-11-17(24)25;;/h1,3,5,9-10,15,21H,2,4,6-8,11-12H2;2*1H. The van der Waals surface area contributed by atoms with Gasteiger partial charge in [0.05, 0.1) is 17.6 Å². The van der Waals surface area contributed by atoms with E-state index < -0.39 is 0 Å². The van der Waals surface area contributed by atoms with E-state index >= 15 is 0 Å². The Labute approximate surface area is 181 Å². The van der Waals surface area contributed by atoms with E-state index in [0.717, 1.165) is 24.8 Å². The van der Waals surface area contributed by atoms with Crippen LogP contribution >= 0.6 is 36.4 Å². The number of amides is 2. The maximum Gasteiger partial charge on any atom is 0.256 e. The Bertz CT molecular complexity index is 864. The molecule has 2 aliphatic heterocycles. The average molecular weight is 446 g/mol. The molecule has 2 aliphatic rings. The lowest BCUT2D eigenvalue weighted by Crippen LogP contribution is -2.57. The Balaban J connectivity index is 0.00000140. The van der Waals surface area contributed by atoms with E-state index in [1.807, 2.05) is 28.0 Å². The molecule has 0 aliphatic carbocycles. The van der Waals surface area contributed by atoms with Crippen molar-refractivity contribution in [3.05, 3.63) is 41.0 Å². The first-order chi connectivity index (χ1) is 12.6. The van der Waals surface area contributed by atoms with Crippen LogP contribution in [0.4, 0.5) is 0 Å². The Morgan fingerprint density at radius 3 is 2.86 bits per heavy atom. The number of nitrogens with one attached hydrogen (secondary N) is 1. The summed E-state index contributed by atoms with van der Waals surface area (Å²) in [6.45, 7) is 3.14. The predicted octanol–water partition coefficient (Wildman–Crippen LogP) is 2.77. The molecule has 2 fully saturated rings. The van der Waals surface area contributed by atoms with Crippen LogP contribution in [0.2, 0.25) is 5.02 Å². The molecule has 1 unspecified atom stereocenters. The molecule has 2 aromatic rings.